The summed E-state index contributed by atoms with van der Waals surface area (Å²) >= 11 is 13.2. The van der Waals surface area contributed by atoms with Gasteiger partial charge in [0.25, 0.3) is 0 Å². The first-order valence-corrected chi connectivity index (χ1v) is 8.98. The molecular weight excluding hydrogens is 413 g/mol. The summed E-state index contributed by atoms with van der Waals surface area (Å²) in [5.41, 5.74) is 2.51. The monoisotopic (exact) mass is 429 g/mol. The van der Waals surface area contributed by atoms with Crippen molar-refractivity contribution in [1.82, 2.24) is 5.32 Å². The SMILES string of the molecule is CCCNC(Cc1cccc(Cl)c1)c1cc(Br)cc(Br)c1. The van der Waals surface area contributed by atoms with Crippen molar-refractivity contribution in [3.63, 3.8) is 0 Å². The number of nitrogens with one attached hydrogen (secondary N) is 1. The second-order valence-corrected chi connectivity index (χ2v) is 7.31. The lowest BCUT2D eigenvalue weighted by Gasteiger charge is -2.20. The lowest BCUT2D eigenvalue weighted by atomic mass is 9.99. The Balaban J connectivity index is 2.25. The molecule has 4 heteroatoms. The van der Waals surface area contributed by atoms with E-state index in [4.69, 9.17) is 11.6 Å². The van der Waals surface area contributed by atoms with Gasteiger partial charge in [-0.1, -0.05) is 62.5 Å². The molecule has 0 aromatic heterocycles. The van der Waals surface area contributed by atoms with Crippen LogP contribution in [0.5, 0.6) is 0 Å². The Morgan fingerprint density at radius 1 is 1.10 bits per heavy atom. The molecule has 0 bridgehead atoms. The zero-order valence-electron chi connectivity index (χ0n) is 11.9. The molecule has 1 unspecified atom stereocenters. The molecule has 0 aliphatic rings. The van der Waals surface area contributed by atoms with Crippen molar-refractivity contribution in [1.29, 1.82) is 0 Å². The fourth-order valence-corrected chi connectivity index (χ4v) is 3.84. The topological polar surface area (TPSA) is 12.0 Å². The van der Waals surface area contributed by atoms with Gasteiger partial charge in [0.2, 0.25) is 0 Å². The first-order chi connectivity index (χ1) is 10.1. The predicted molar refractivity (Wildman–Crippen MR) is 98.0 cm³/mol. The molecule has 0 spiro atoms. The molecule has 0 aliphatic heterocycles. The molecule has 1 N–H and O–H groups in total. The van der Waals surface area contributed by atoms with Gasteiger partial charge in [-0.15, -0.1) is 0 Å². The van der Waals surface area contributed by atoms with Gasteiger partial charge in [0.05, 0.1) is 0 Å². The van der Waals surface area contributed by atoms with Gasteiger partial charge < -0.3 is 5.32 Å². The van der Waals surface area contributed by atoms with Gasteiger partial charge in [0, 0.05) is 20.0 Å². The molecule has 0 amide bonds. The maximum absolute atomic E-state index is 6.09. The number of hydrogen-bond acceptors (Lipinski definition) is 1. The Morgan fingerprint density at radius 2 is 1.81 bits per heavy atom. The Kier molecular flexibility index (Phi) is 6.74. The maximum Gasteiger partial charge on any atom is 0.0408 e. The molecule has 2 rings (SSSR count). The Labute approximate surface area is 148 Å². The van der Waals surface area contributed by atoms with Crippen LogP contribution in [0.3, 0.4) is 0 Å². The molecule has 0 aliphatic carbocycles. The minimum absolute atomic E-state index is 0.275. The predicted octanol–water partition coefficient (Wildman–Crippen LogP) is 6.15. The van der Waals surface area contributed by atoms with Crippen molar-refractivity contribution in [2.75, 3.05) is 6.54 Å². The molecule has 1 nitrogen and oxygen atoms in total. The Hall–Kier alpha value is -0.350. The van der Waals surface area contributed by atoms with Crippen LogP contribution >= 0.6 is 43.5 Å². The highest BCUT2D eigenvalue weighted by atomic mass is 79.9. The molecule has 2 aromatic carbocycles. The number of rotatable bonds is 6. The summed E-state index contributed by atoms with van der Waals surface area (Å²) in [5, 5.41) is 4.41. The van der Waals surface area contributed by atoms with Crippen molar-refractivity contribution in [3.05, 3.63) is 67.6 Å². The second kappa shape index (κ2) is 8.33. The van der Waals surface area contributed by atoms with Crippen LogP contribution in [0, 0.1) is 0 Å². The third-order valence-electron chi connectivity index (χ3n) is 3.26. The van der Waals surface area contributed by atoms with Gasteiger partial charge in [-0.05, 0) is 60.8 Å². The van der Waals surface area contributed by atoms with Crippen molar-refractivity contribution >= 4 is 43.5 Å². The molecule has 21 heavy (non-hydrogen) atoms. The number of halogens is 3. The van der Waals surface area contributed by atoms with Gasteiger partial charge in [0.15, 0.2) is 0 Å². The van der Waals surface area contributed by atoms with Crippen LogP contribution in [0.15, 0.2) is 51.4 Å². The van der Waals surface area contributed by atoms with E-state index in [1.54, 1.807) is 0 Å². The summed E-state index contributed by atoms with van der Waals surface area (Å²) < 4.78 is 2.17. The lowest BCUT2D eigenvalue weighted by Crippen LogP contribution is -2.24. The average molecular weight is 432 g/mol. The van der Waals surface area contributed by atoms with E-state index in [1.165, 1.54) is 11.1 Å². The van der Waals surface area contributed by atoms with Crippen molar-refractivity contribution in [3.8, 4) is 0 Å². The maximum atomic E-state index is 6.09. The van der Waals surface area contributed by atoms with E-state index in [9.17, 15) is 0 Å². The molecule has 0 saturated heterocycles. The van der Waals surface area contributed by atoms with Gasteiger partial charge in [-0.2, -0.15) is 0 Å². The first kappa shape index (κ1) is 17.0. The molecular formula is C17H18Br2ClN. The molecule has 0 radical (unpaired) electrons. The summed E-state index contributed by atoms with van der Waals surface area (Å²) in [7, 11) is 0. The molecule has 1 atom stereocenters. The van der Waals surface area contributed by atoms with Crippen LogP contribution in [-0.4, -0.2) is 6.54 Å². The Bertz CT molecular complexity index is 581. The minimum Gasteiger partial charge on any atom is -0.310 e. The molecule has 0 heterocycles. The third kappa shape index (κ3) is 5.41. The summed E-state index contributed by atoms with van der Waals surface area (Å²) in [6.07, 6.45) is 2.03. The van der Waals surface area contributed by atoms with E-state index in [1.807, 2.05) is 18.2 Å². The van der Waals surface area contributed by atoms with E-state index in [0.717, 1.165) is 33.4 Å². The van der Waals surface area contributed by atoms with Crippen LogP contribution in [0.1, 0.15) is 30.5 Å². The normalized spacial score (nSPS) is 12.4. The highest BCUT2D eigenvalue weighted by molar-refractivity contribution is 9.11. The largest absolute Gasteiger partial charge is 0.310 e. The van der Waals surface area contributed by atoms with E-state index < -0.39 is 0 Å². The van der Waals surface area contributed by atoms with Crippen molar-refractivity contribution in [2.45, 2.75) is 25.8 Å². The third-order valence-corrected chi connectivity index (χ3v) is 4.41. The van der Waals surface area contributed by atoms with Crippen LogP contribution < -0.4 is 5.32 Å². The summed E-state index contributed by atoms with van der Waals surface area (Å²) in [6, 6.07) is 14.7. The van der Waals surface area contributed by atoms with E-state index >= 15 is 0 Å². The van der Waals surface area contributed by atoms with E-state index in [2.05, 4.69) is 68.4 Å². The second-order valence-electron chi connectivity index (χ2n) is 5.04. The number of hydrogen-bond donors (Lipinski definition) is 1. The summed E-state index contributed by atoms with van der Waals surface area (Å²) in [4.78, 5) is 0. The average Bonchev–Trinajstić information content (AvgIpc) is 2.42. The standard InChI is InChI=1S/C17H18Br2ClN/c1-2-6-21-17(8-12-4-3-5-16(20)7-12)13-9-14(18)11-15(19)10-13/h3-5,7,9-11,17,21H,2,6,8H2,1H3. The smallest absolute Gasteiger partial charge is 0.0408 e. The molecule has 0 fully saturated rings. The van der Waals surface area contributed by atoms with Crippen LogP contribution in [0.25, 0.3) is 0 Å². The Morgan fingerprint density at radius 3 is 2.43 bits per heavy atom. The zero-order valence-corrected chi connectivity index (χ0v) is 15.8. The van der Waals surface area contributed by atoms with Gasteiger partial charge in [0.1, 0.15) is 0 Å². The molecule has 112 valence electrons. The number of benzene rings is 2. The van der Waals surface area contributed by atoms with Gasteiger partial charge >= 0.3 is 0 Å². The van der Waals surface area contributed by atoms with Crippen molar-refractivity contribution in [2.24, 2.45) is 0 Å². The van der Waals surface area contributed by atoms with E-state index in [-0.39, 0.29) is 6.04 Å². The van der Waals surface area contributed by atoms with Gasteiger partial charge in [-0.3, -0.25) is 0 Å². The summed E-state index contributed by atoms with van der Waals surface area (Å²) in [6.45, 7) is 3.18. The first-order valence-electron chi connectivity index (χ1n) is 7.02. The fourth-order valence-electron chi connectivity index (χ4n) is 2.30. The fraction of sp³-hybridized carbons (Fsp3) is 0.294. The van der Waals surface area contributed by atoms with Gasteiger partial charge in [-0.25, -0.2) is 0 Å². The van der Waals surface area contributed by atoms with Crippen molar-refractivity contribution < 1.29 is 0 Å². The summed E-state index contributed by atoms with van der Waals surface area (Å²) in [5.74, 6) is 0. The van der Waals surface area contributed by atoms with E-state index in [0.29, 0.717) is 0 Å². The lowest BCUT2D eigenvalue weighted by molar-refractivity contribution is 0.529. The minimum atomic E-state index is 0.275. The highest BCUT2D eigenvalue weighted by Crippen LogP contribution is 2.27. The van der Waals surface area contributed by atoms with Crippen LogP contribution in [-0.2, 0) is 6.42 Å². The zero-order chi connectivity index (χ0) is 15.2. The molecule has 0 saturated carbocycles. The van der Waals surface area contributed by atoms with Crippen LogP contribution in [0.2, 0.25) is 5.02 Å². The highest BCUT2D eigenvalue weighted by Gasteiger charge is 2.13. The van der Waals surface area contributed by atoms with Crippen LogP contribution in [0.4, 0.5) is 0 Å². The molecule has 2 aromatic rings. The quantitative estimate of drug-likeness (QED) is 0.579.